The minimum absolute atomic E-state index is 0.738. The number of nitrogens with zero attached hydrogens (tertiary/aromatic N) is 4. The molecule has 59 heavy (non-hydrogen) atoms. The lowest BCUT2D eigenvalue weighted by atomic mass is 9.72. The van der Waals surface area contributed by atoms with Crippen LogP contribution in [-0.2, 0) is 5.41 Å². The molecule has 0 saturated heterocycles. The van der Waals surface area contributed by atoms with Crippen molar-refractivity contribution < 1.29 is 0 Å². The van der Waals surface area contributed by atoms with Crippen LogP contribution in [0.5, 0.6) is 0 Å². The van der Waals surface area contributed by atoms with Gasteiger partial charge in [-0.3, -0.25) is 9.55 Å². The number of rotatable bonds is 7. The standard InChI is InChI=1S/C54H39N5/c1-2-3-23-49(55)54(50-24-13-14-35-56-50)43-19-9-7-17-41(43)51-44(54)33-34-48-52(51)42-18-8-11-21-46(42)58(48)39-29-25-36(26-30-39)37-27-31-40(32-28-37)59-47-22-12-10-20-45(47)57-53(59)38-15-5-4-6-16-38/h2-35H,55H2,1H3/b3-2-,49-23-. The Morgan fingerprint density at radius 3 is 1.97 bits per heavy atom. The molecule has 0 spiro atoms. The van der Waals surface area contributed by atoms with Gasteiger partial charge < -0.3 is 10.3 Å². The Balaban J connectivity index is 1.04. The van der Waals surface area contributed by atoms with E-state index >= 15 is 0 Å². The summed E-state index contributed by atoms with van der Waals surface area (Å²) in [6.07, 6.45) is 7.94. The summed E-state index contributed by atoms with van der Waals surface area (Å²) in [5.74, 6) is 0.931. The first-order valence-electron chi connectivity index (χ1n) is 20.1. The summed E-state index contributed by atoms with van der Waals surface area (Å²) in [4.78, 5) is 10.0. The maximum absolute atomic E-state index is 7.22. The summed E-state index contributed by atoms with van der Waals surface area (Å²) in [6.45, 7) is 2.01. The molecule has 0 radical (unpaired) electrons. The van der Waals surface area contributed by atoms with E-state index in [9.17, 15) is 0 Å². The summed E-state index contributed by atoms with van der Waals surface area (Å²) < 4.78 is 4.65. The molecule has 1 aliphatic rings. The van der Waals surface area contributed by atoms with Gasteiger partial charge in [-0.25, -0.2) is 4.98 Å². The van der Waals surface area contributed by atoms with Gasteiger partial charge >= 0.3 is 0 Å². The molecule has 11 rings (SSSR count). The van der Waals surface area contributed by atoms with Crippen molar-refractivity contribution in [3.63, 3.8) is 0 Å². The number of hydrogen-bond acceptors (Lipinski definition) is 3. The van der Waals surface area contributed by atoms with E-state index in [1.807, 2.05) is 49.5 Å². The number of allylic oxidation sites excluding steroid dienone is 4. The van der Waals surface area contributed by atoms with Crippen LogP contribution >= 0.6 is 0 Å². The second kappa shape index (κ2) is 13.7. The number of aromatic nitrogens is 4. The number of nitrogens with two attached hydrogens (primary N) is 1. The summed E-state index contributed by atoms with van der Waals surface area (Å²) in [6, 6.07) is 64.6. The Morgan fingerprint density at radius 1 is 0.559 bits per heavy atom. The predicted molar refractivity (Wildman–Crippen MR) is 243 cm³/mol. The molecule has 7 aromatic carbocycles. The van der Waals surface area contributed by atoms with E-state index < -0.39 is 5.41 Å². The zero-order valence-electron chi connectivity index (χ0n) is 32.5. The molecule has 1 aliphatic carbocycles. The molecule has 0 aliphatic heterocycles. The average molecular weight is 758 g/mol. The van der Waals surface area contributed by atoms with Gasteiger partial charge in [0.05, 0.1) is 27.8 Å². The number of para-hydroxylation sites is 3. The molecule has 0 amide bonds. The molecule has 1 unspecified atom stereocenters. The monoisotopic (exact) mass is 757 g/mol. The fourth-order valence-corrected chi connectivity index (χ4v) is 9.42. The van der Waals surface area contributed by atoms with Crippen LogP contribution in [0.3, 0.4) is 0 Å². The quantitative estimate of drug-likeness (QED) is 0.165. The minimum atomic E-state index is -0.755. The molecule has 1 atom stereocenters. The van der Waals surface area contributed by atoms with E-state index in [0.29, 0.717) is 0 Å². The second-order valence-electron chi connectivity index (χ2n) is 15.1. The number of pyridine rings is 1. The molecule has 10 aromatic rings. The van der Waals surface area contributed by atoms with Gasteiger partial charge in [0, 0.05) is 39.6 Å². The second-order valence-corrected chi connectivity index (χ2v) is 15.1. The van der Waals surface area contributed by atoms with Crippen LogP contribution in [0.4, 0.5) is 0 Å². The smallest absolute Gasteiger partial charge is 0.145 e. The highest BCUT2D eigenvalue weighted by Gasteiger charge is 2.48. The first-order chi connectivity index (χ1) is 29.2. The molecule has 3 aromatic heterocycles. The highest BCUT2D eigenvalue weighted by Crippen LogP contribution is 2.57. The van der Waals surface area contributed by atoms with E-state index in [-0.39, 0.29) is 0 Å². The number of benzene rings is 7. The molecule has 5 nitrogen and oxygen atoms in total. The van der Waals surface area contributed by atoms with Crippen molar-refractivity contribution in [2.75, 3.05) is 0 Å². The number of fused-ring (bicyclic) bond motifs is 8. The topological polar surface area (TPSA) is 61.7 Å². The summed E-state index contributed by atoms with van der Waals surface area (Å²) in [5.41, 5.74) is 22.7. The van der Waals surface area contributed by atoms with Crippen LogP contribution in [-0.4, -0.2) is 19.1 Å². The first-order valence-corrected chi connectivity index (χ1v) is 20.1. The lowest BCUT2D eigenvalue weighted by molar-refractivity contribution is 0.706. The molecule has 2 N–H and O–H groups in total. The highest BCUT2D eigenvalue weighted by molar-refractivity contribution is 6.18. The van der Waals surface area contributed by atoms with Gasteiger partial charge in [-0.1, -0.05) is 133 Å². The Kier molecular flexibility index (Phi) is 8.02. The average Bonchev–Trinajstić information content (AvgIpc) is 3.96. The SMILES string of the molecule is C/C=C\C=C(/N)C1(c2ccccn2)c2ccccc2-c2c1ccc1c2c2ccccc2n1-c1ccc(-c2ccc(-n3c(-c4ccccc4)nc4ccccc43)cc2)cc1. The Bertz CT molecular complexity index is 3260. The number of imidazole rings is 1. The van der Waals surface area contributed by atoms with Gasteiger partial charge in [-0.05, 0) is 107 Å². The zero-order chi connectivity index (χ0) is 39.5. The van der Waals surface area contributed by atoms with Crippen molar-refractivity contribution in [2.24, 2.45) is 5.73 Å². The maximum atomic E-state index is 7.22. The molecule has 3 heterocycles. The Hall–Kier alpha value is -7.76. The van der Waals surface area contributed by atoms with Crippen LogP contribution in [0.25, 0.3) is 77.9 Å². The summed E-state index contributed by atoms with van der Waals surface area (Å²) in [7, 11) is 0. The number of hydrogen-bond donors (Lipinski definition) is 1. The minimum Gasteiger partial charge on any atom is -0.401 e. The van der Waals surface area contributed by atoms with Gasteiger partial charge in [0.15, 0.2) is 0 Å². The fraction of sp³-hybridized carbons (Fsp3) is 0.0370. The van der Waals surface area contributed by atoms with E-state index in [2.05, 4.69) is 173 Å². The van der Waals surface area contributed by atoms with Gasteiger partial charge in [0.1, 0.15) is 11.2 Å². The van der Waals surface area contributed by atoms with Gasteiger partial charge in [-0.2, -0.15) is 0 Å². The summed E-state index contributed by atoms with van der Waals surface area (Å²) >= 11 is 0. The third kappa shape index (κ3) is 5.18. The molecule has 0 saturated carbocycles. The molecule has 5 heteroatoms. The molecule has 280 valence electrons. The van der Waals surface area contributed by atoms with Crippen molar-refractivity contribution in [1.29, 1.82) is 0 Å². The van der Waals surface area contributed by atoms with Crippen molar-refractivity contribution in [2.45, 2.75) is 12.3 Å². The van der Waals surface area contributed by atoms with Gasteiger partial charge in [0.2, 0.25) is 0 Å². The lowest BCUT2D eigenvalue weighted by Gasteiger charge is -2.32. The van der Waals surface area contributed by atoms with E-state index in [1.54, 1.807) is 0 Å². The maximum Gasteiger partial charge on any atom is 0.145 e. The molecule has 0 fully saturated rings. The van der Waals surface area contributed by atoms with Crippen molar-refractivity contribution in [1.82, 2.24) is 19.1 Å². The Labute approximate surface area is 342 Å². The van der Waals surface area contributed by atoms with Crippen LogP contribution in [0.1, 0.15) is 23.7 Å². The highest BCUT2D eigenvalue weighted by atomic mass is 15.1. The van der Waals surface area contributed by atoms with Crippen LogP contribution < -0.4 is 5.73 Å². The van der Waals surface area contributed by atoms with Crippen molar-refractivity contribution >= 4 is 32.8 Å². The van der Waals surface area contributed by atoms with E-state index in [1.165, 1.54) is 21.9 Å². The Morgan fingerprint density at radius 2 is 1.22 bits per heavy atom. The predicted octanol–water partition coefficient (Wildman–Crippen LogP) is 12.6. The van der Waals surface area contributed by atoms with Crippen molar-refractivity contribution in [3.05, 3.63) is 229 Å². The largest absolute Gasteiger partial charge is 0.401 e. The van der Waals surface area contributed by atoms with Gasteiger partial charge in [0.25, 0.3) is 0 Å². The van der Waals surface area contributed by atoms with E-state index in [0.717, 1.165) is 78.5 Å². The molecular formula is C54H39N5. The van der Waals surface area contributed by atoms with Gasteiger partial charge in [-0.15, -0.1) is 0 Å². The zero-order valence-corrected chi connectivity index (χ0v) is 32.5. The lowest BCUT2D eigenvalue weighted by Crippen LogP contribution is -2.34. The third-order valence-electron chi connectivity index (χ3n) is 12.0. The van der Waals surface area contributed by atoms with Crippen LogP contribution in [0.2, 0.25) is 0 Å². The molecular weight excluding hydrogens is 719 g/mol. The van der Waals surface area contributed by atoms with E-state index in [4.69, 9.17) is 15.7 Å². The van der Waals surface area contributed by atoms with Crippen molar-refractivity contribution in [3.8, 4) is 45.0 Å². The third-order valence-corrected chi connectivity index (χ3v) is 12.0. The normalized spacial score (nSPS) is 15.0. The first kappa shape index (κ1) is 34.5. The fourth-order valence-electron chi connectivity index (χ4n) is 9.42. The van der Waals surface area contributed by atoms with Crippen LogP contribution in [0.15, 0.2) is 212 Å². The molecule has 0 bridgehead atoms. The van der Waals surface area contributed by atoms with Crippen LogP contribution in [0, 0.1) is 0 Å². The summed E-state index contributed by atoms with van der Waals surface area (Å²) in [5, 5.41) is 2.41.